The highest BCUT2D eigenvalue weighted by atomic mass is 32.2. The van der Waals surface area contributed by atoms with Crippen molar-refractivity contribution in [1.29, 1.82) is 0 Å². The van der Waals surface area contributed by atoms with Crippen LogP contribution in [0.5, 0.6) is 0 Å². The molecule has 13 heavy (non-hydrogen) atoms. The smallest absolute Gasteiger partial charge is 0.307 e. The van der Waals surface area contributed by atoms with Crippen LogP contribution in [-0.4, -0.2) is 37.2 Å². The number of ether oxygens (including phenoxy) is 1. The third-order valence-corrected chi connectivity index (χ3v) is 2.38. The van der Waals surface area contributed by atoms with Gasteiger partial charge in [0.1, 0.15) is 0 Å². The Morgan fingerprint density at radius 1 is 1.62 bits per heavy atom. The number of carbonyl (C=O) groups is 1. The Hall–Kier alpha value is -0.220. The molecule has 3 nitrogen and oxygen atoms in total. The Morgan fingerprint density at radius 2 is 2.31 bits per heavy atom. The maximum atomic E-state index is 10.9. The van der Waals surface area contributed by atoms with Crippen molar-refractivity contribution in [3.63, 3.8) is 0 Å². The minimum atomic E-state index is -0.119. The molecule has 0 bridgehead atoms. The molecule has 1 N–H and O–H groups in total. The van der Waals surface area contributed by atoms with Gasteiger partial charge in [-0.15, -0.1) is 0 Å². The number of hydrogen-bond donors (Lipinski definition) is 1. The third kappa shape index (κ3) is 8.12. The Morgan fingerprint density at radius 3 is 2.85 bits per heavy atom. The number of nitrogens with one attached hydrogen (secondary N) is 1. The van der Waals surface area contributed by atoms with Crippen LogP contribution in [-0.2, 0) is 9.53 Å². The fourth-order valence-electron chi connectivity index (χ4n) is 0.963. The molecule has 0 spiro atoms. The molecular formula is C9H19NO2S. The zero-order chi connectivity index (χ0) is 10.1. The van der Waals surface area contributed by atoms with Crippen LogP contribution in [0.25, 0.3) is 0 Å². The monoisotopic (exact) mass is 205 g/mol. The summed E-state index contributed by atoms with van der Waals surface area (Å²) < 4.78 is 4.80. The largest absolute Gasteiger partial charge is 0.466 e. The van der Waals surface area contributed by atoms with Crippen molar-refractivity contribution in [2.45, 2.75) is 26.3 Å². The summed E-state index contributed by atoms with van der Waals surface area (Å²) in [5, 5.41) is 3.25. The fraction of sp³-hybridized carbons (Fsp3) is 0.889. The Bertz CT molecular complexity index is 142. The molecule has 1 atom stereocenters. The second-order valence-corrected chi connectivity index (χ2v) is 3.78. The lowest BCUT2D eigenvalue weighted by Crippen LogP contribution is -2.30. The number of carbonyl (C=O) groups excluding carboxylic acids is 1. The normalized spacial score (nSPS) is 12.5. The van der Waals surface area contributed by atoms with Crippen LogP contribution in [0.4, 0.5) is 0 Å². The zero-order valence-corrected chi connectivity index (χ0v) is 9.45. The van der Waals surface area contributed by atoms with Crippen LogP contribution in [0, 0.1) is 0 Å². The fourth-order valence-corrected chi connectivity index (χ4v) is 1.58. The molecule has 0 aliphatic rings. The van der Waals surface area contributed by atoms with E-state index in [9.17, 15) is 4.79 Å². The van der Waals surface area contributed by atoms with Gasteiger partial charge in [-0.1, -0.05) is 0 Å². The summed E-state index contributed by atoms with van der Waals surface area (Å²) in [7, 11) is 0. The van der Waals surface area contributed by atoms with Crippen molar-refractivity contribution in [3.05, 3.63) is 0 Å². The number of esters is 1. The Balaban J connectivity index is 3.28. The molecule has 0 saturated heterocycles. The first-order valence-electron chi connectivity index (χ1n) is 4.58. The summed E-state index contributed by atoms with van der Waals surface area (Å²) in [6.45, 7) is 5.11. The maximum absolute atomic E-state index is 10.9. The van der Waals surface area contributed by atoms with Crippen LogP contribution in [0.15, 0.2) is 0 Å². The summed E-state index contributed by atoms with van der Waals surface area (Å²) in [5.74, 6) is 0.953. The molecule has 0 amide bonds. The van der Waals surface area contributed by atoms with Crippen molar-refractivity contribution >= 4 is 17.7 Å². The predicted octanol–water partition coefficient (Wildman–Crippen LogP) is 1.28. The lowest BCUT2D eigenvalue weighted by molar-refractivity contribution is -0.142. The van der Waals surface area contributed by atoms with E-state index in [1.807, 2.05) is 6.92 Å². The van der Waals surface area contributed by atoms with E-state index in [1.54, 1.807) is 11.8 Å². The van der Waals surface area contributed by atoms with Crippen molar-refractivity contribution in [2.75, 3.05) is 25.2 Å². The molecule has 0 aliphatic heterocycles. The van der Waals surface area contributed by atoms with Crippen LogP contribution < -0.4 is 5.32 Å². The molecule has 0 aromatic carbocycles. The van der Waals surface area contributed by atoms with E-state index >= 15 is 0 Å². The molecule has 0 fully saturated rings. The van der Waals surface area contributed by atoms with Gasteiger partial charge in [0.25, 0.3) is 0 Å². The van der Waals surface area contributed by atoms with Crippen LogP contribution in [0.2, 0.25) is 0 Å². The predicted molar refractivity (Wildman–Crippen MR) is 57.1 cm³/mol. The molecule has 0 rings (SSSR count). The van der Waals surface area contributed by atoms with Crippen molar-refractivity contribution in [2.24, 2.45) is 0 Å². The third-order valence-electron chi connectivity index (χ3n) is 1.54. The molecule has 78 valence electrons. The molecule has 1 unspecified atom stereocenters. The molecule has 0 aromatic heterocycles. The molecule has 0 radical (unpaired) electrons. The van der Waals surface area contributed by atoms with E-state index in [0.29, 0.717) is 25.6 Å². The summed E-state index contributed by atoms with van der Waals surface area (Å²) in [4.78, 5) is 10.9. The van der Waals surface area contributed by atoms with E-state index in [1.165, 1.54) is 0 Å². The summed E-state index contributed by atoms with van der Waals surface area (Å²) in [6, 6.07) is 0.462. The molecular weight excluding hydrogens is 186 g/mol. The standard InChI is InChI=1S/C9H19NO2S/c1-4-12-9(11)5-6-10-8(2)7-13-3/h8,10H,4-7H2,1-3H3. The van der Waals surface area contributed by atoms with Gasteiger partial charge in [0, 0.05) is 18.3 Å². The Kier molecular flexibility index (Phi) is 8.24. The average Bonchev–Trinajstić information content (AvgIpc) is 2.05. The van der Waals surface area contributed by atoms with E-state index in [-0.39, 0.29) is 5.97 Å². The first kappa shape index (κ1) is 12.8. The number of thioether (sulfide) groups is 1. The van der Waals surface area contributed by atoms with Crippen molar-refractivity contribution in [3.8, 4) is 0 Å². The molecule has 0 heterocycles. The first-order valence-corrected chi connectivity index (χ1v) is 5.98. The van der Waals surface area contributed by atoms with Gasteiger partial charge in [-0.05, 0) is 20.1 Å². The van der Waals surface area contributed by atoms with E-state index in [0.717, 1.165) is 5.75 Å². The van der Waals surface area contributed by atoms with Gasteiger partial charge in [-0.25, -0.2) is 0 Å². The van der Waals surface area contributed by atoms with Gasteiger partial charge in [0.15, 0.2) is 0 Å². The van der Waals surface area contributed by atoms with Crippen molar-refractivity contribution < 1.29 is 9.53 Å². The van der Waals surface area contributed by atoms with E-state index in [2.05, 4.69) is 18.5 Å². The SMILES string of the molecule is CCOC(=O)CCNC(C)CSC. The van der Waals surface area contributed by atoms with E-state index in [4.69, 9.17) is 4.74 Å². The summed E-state index contributed by atoms with van der Waals surface area (Å²) in [5.41, 5.74) is 0. The van der Waals surface area contributed by atoms with Gasteiger partial charge >= 0.3 is 5.97 Å². The van der Waals surface area contributed by atoms with E-state index < -0.39 is 0 Å². The van der Waals surface area contributed by atoms with Gasteiger partial charge in [-0.2, -0.15) is 11.8 Å². The number of rotatable bonds is 7. The lowest BCUT2D eigenvalue weighted by atomic mass is 10.3. The average molecular weight is 205 g/mol. The van der Waals surface area contributed by atoms with Gasteiger partial charge < -0.3 is 10.1 Å². The Labute approximate surface area is 84.6 Å². The molecule has 0 aromatic rings. The summed E-state index contributed by atoms with van der Waals surface area (Å²) in [6.07, 6.45) is 2.54. The van der Waals surface area contributed by atoms with Crippen LogP contribution in [0.3, 0.4) is 0 Å². The molecule has 0 aliphatic carbocycles. The quantitative estimate of drug-likeness (QED) is 0.635. The lowest BCUT2D eigenvalue weighted by Gasteiger charge is -2.11. The zero-order valence-electron chi connectivity index (χ0n) is 8.63. The van der Waals surface area contributed by atoms with Crippen LogP contribution >= 0.6 is 11.8 Å². The van der Waals surface area contributed by atoms with Gasteiger partial charge in [0.05, 0.1) is 13.0 Å². The minimum absolute atomic E-state index is 0.119. The minimum Gasteiger partial charge on any atom is -0.466 e. The highest BCUT2D eigenvalue weighted by Crippen LogP contribution is 1.96. The van der Waals surface area contributed by atoms with Crippen LogP contribution in [0.1, 0.15) is 20.3 Å². The maximum Gasteiger partial charge on any atom is 0.307 e. The second kappa shape index (κ2) is 8.38. The van der Waals surface area contributed by atoms with Gasteiger partial charge in [-0.3, -0.25) is 4.79 Å². The molecule has 4 heteroatoms. The highest BCUT2D eigenvalue weighted by molar-refractivity contribution is 7.98. The number of hydrogen-bond acceptors (Lipinski definition) is 4. The second-order valence-electron chi connectivity index (χ2n) is 2.87. The van der Waals surface area contributed by atoms with Crippen molar-refractivity contribution in [1.82, 2.24) is 5.32 Å². The van der Waals surface area contributed by atoms with Gasteiger partial charge in [0.2, 0.25) is 0 Å². The first-order chi connectivity index (χ1) is 6.20. The topological polar surface area (TPSA) is 38.3 Å². The molecule has 0 saturated carbocycles. The summed E-state index contributed by atoms with van der Waals surface area (Å²) >= 11 is 1.80. The highest BCUT2D eigenvalue weighted by Gasteiger charge is 2.03.